The number of hydrogen-bond donors (Lipinski definition) is 3. The molecule has 1 saturated heterocycles. The van der Waals surface area contributed by atoms with E-state index in [1.165, 1.54) is 25.7 Å². The molecule has 128 valence electrons. The van der Waals surface area contributed by atoms with Crippen molar-refractivity contribution in [3.8, 4) is 0 Å². The van der Waals surface area contributed by atoms with Crippen LogP contribution in [0.2, 0.25) is 0 Å². The summed E-state index contributed by atoms with van der Waals surface area (Å²) in [7, 11) is 0. The molecule has 1 amide bonds. The zero-order valence-electron chi connectivity index (χ0n) is 13.8. The first-order valence-electron chi connectivity index (χ1n) is 8.93. The van der Waals surface area contributed by atoms with Crippen molar-refractivity contribution in [3.05, 3.63) is 34.7 Å². The quantitative estimate of drug-likeness (QED) is 0.793. The van der Waals surface area contributed by atoms with Crippen molar-refractivity contribution < 1.29 is 4.79 Å². The highest BCUT2D eigenvalue weighted by Crippen LogP contribution is 2.33. The second-order valence-corrected chi connectivity index (χ2v) is 7.00. The Balaban J connectivity index is 1.34. The lowest BCUT2D eigenvalue weighted by atomic mass is 9.85. The molecule has 0 radical (unpaired) electrons. The number of rotatable bonds is 4. The Bertz CT molecular complexity index is 780. The summed E-state index contributed by atoms with van der Waals surface area (Å²) in [6.07, 6.45) is 5.95. The van der Waals surface area contributed by atoms with E-state index in [0.717, 1.165) is 17.5 Å². The van der Waals surface area contributed by atoms with E-state index in [1.54, 1.807) is 4.57 Å². The van der Waals surface area contributed by atoms with Gasteiger partial charge in [0.05, 0.1) is 17.1 Å². The number of hydrogen-bond acceptors (Lipinski definition) is 3. The van der Waals surface area contributed by atoms with Gasteiger partial charge in [0.25, 0.3) is 0 Å². The fourth-order valence-corrected chi connectivity index (χ4v) is 4.26. The van der Waals surface area contributed by atoms with Gasteiger partial charge in [0.1, 0.15) is 0 Å². The molecule has 3 unspecified atom stereocenters. The van der Waals surface area contributed by atoms with Gasteiger partial charge in [-0.05, 0) is 37.3 Å². The molecule has 6 nitrogen and oxygen atoms in total. The number of nitrogens with zero attached hydrogens (tertiary/aromatic N) is 1. The van der Waals surface area contributed by atoms with Crippen LogP contribution in [0.1, 0.15) is 32.1 Å². The van der Waals surface area contributed by atoms with Gasteiger partial charge in [-0.2, -0.15) is 0 Å². The molecule has 2 heterocycles. The Morgan fingerprint density at radius 2 is 2.08 bits per heavy atom. The lowest BCUT2D eigenvalue weighted by molar-refractivity contribution is -0.122. The molecule has 3 atom stereocenters. The maximum Gasteiger partial charge on any atom is 0.326 e. The summed E-state index contributed by atoms with van der Waals surface area (Å²) >= 11 is 0. The molecule has 3 N–H and O–H groups in total. The van der Waals surface area contributed by atoms with Crippen molar-refractivity contribution >= 4 is 16.9 Å². The second-order valence-electron chi connectivity index (χ2n) is 7.00. The smallest absolute Gasteiger partial charge is 0.326 e. The Hall–Kier alpha value is -2.08. The number of nitrogens with one attached hydrogen (secondary N) is 3. The minimum absolute atomic E-state index is 0.0669. The first-order chi connectivity index (χ1) is 11.7. The lowest BCUT2D eigenvalue weighted by Crippen LogP contribution is -2.44. The number of carbonyl (C=O) groups is 1. The third-order valence-electron chi connectivity index (χ3n) is 5.50. The standard InChI is InChI=1S/C18H24N4O2/c23-17(15-11-12-5-1-2-6-13(12)20-15)19-9-10-22-16-8-4-3-7-14(16)21-18(22)24/h3-4,7-8,12-13,15,20H,1-2,5-6,9-11H2,(H,19,23)(H,21,24). The summed E-state index contributed by atoms with van der Waals surface area (Å²) in [5, 5.41) is 6.48. The van der Waals surface area contributed by atoms with Crippen molar-refractivity contribution in [2.45, 2.75) is 50.7 Å². The van der Waals surface area contributed by atoms with Crippen LogP contribution in [-0.2, 0) is 11.3 Å². The molecular formula is C18H24N4O2. The zero-order chi connectivity index (χ0) is 16.5. The van der Waals surface area contributed by atoms with Gasteiger partial charge in [-0.1, -0.05) is 25.0 Å². The van der Waals surface area contributed by atoms with E-state index in [2.05, 4.69) is 15.6 Å². The van der Waals surface area contributed by atoms with Gasteiger partial charge in [0.15, 0.2) is 0 Å². The van der Waals surface area contributed by atoms with E-state index >= 15 is 0 Å². The molecule has 1 aromatic carbocycles. The third kappa shape index (κ3) is 2.86. The number of benzene rings is 1. The van der Waals surface area contributed by atoms with E-state index in [0.29, 0.717) is 25.0 Å². The van der Waals surface area contributed by atoms with Crippen LogP contribution in [0.3, 0.4) is 0 Å². The molecule has 1 aromatic heterocycles. The van der Waals surface area contributed by atoms with Crippen molar-refractivity contribution in [2.75, 3.05) is 6.54 Å². The number of H-pyrrole nitrogens is 1. The third-order valence-corrected chi connectivity index (χ3v) is 5.50. The molecule has 6 heteroatoms. The molecule has 24 heavy (non-hydrogen) atoms. The van der Waals surface area contributed by atoms with E-state index in [-0.39, 0.29) is 17.6 Å². The summed E-state index contributed by atoms with van der Waals surface area (Å²) < 4.78 is 1.68. The van der Waals surface area contributed by atoms with Crippen LogP contribution in [-0.4, -0.2) is 34.1 Å². The largest absolute Gasteiger partial charge is 0.353 e. The lowest BCUT2D eigenvalue weighted by Gasteiger charge is -2.24. The predicted molar refractivity (Wildman–Crippen MR) is 92.9 cm³/mol. The van der Waals surface area contributed by atoms with E-state index < -0.39 is 0 Å². The van der Waals surface area contributed by atoms with Gasteiger partial charge in [0, 0.05) is 19.1 Å². The van der Waals surface area contributed by atoms with Crippen LogP contribution in [0, 0.1) is 5.92 Å². The first-order valence-corrected chi connectivity index (χ1v) is 8.93. The van der Waals surface area contributed by atoms with Gasteiger partial charge >= 0.3 is 5.69 Å². The summed E-state index contributed by atoms with van der Waals surface area (Å²) in [6.45, 7) is 0.947. The molecule has 2 fully saturated rings. The molecule has 1 aliphatic carbocycles. The van der Waals surface area contributed by atoms with Gasteiger partial charge in [0.2, 0.25) is 5.91 Å². The van der Waals surface area contributed by atoms with Crippen molar-refractivity contribution in [1.82, 2.24) is 20.2 Å². The molecule has 2 aliphatic rings. The van der Waals surface area contributed by atoms with Crippen LogP contribution in [0.4, 0.5) is 0 Å². The molecule has 1 aliphatic heterocycles. The zero-order valence-corrected chi connectivity index (χ0v) is 13.8. The van der Waals surface area contributed by atoms with E-state index in [9.17, 15) is 9.59 Å². The topological polar surface area (TPSA) is 78.9 Å². The monoisotopic (exact) mass is 328 g/mol. The predicted octanol–water partition coefficient (Wildman–Crippen LogP) is 1.37. The van der Waals surface area contributed by atoms with E-state index in [1.807, 2.05) is 24.3 Å². The Kier molecular flexibility index (Phi) is 4.14. The maximum atomic E-state index is 12.4. The normalized spacial score (nSPS) is 26.4. The number of imidazole rings is 1. The number of amides is 1. The highest BCUT2D eigenvalue weighted by Gasteiger charge is 2.37. The van der Waals surface area contributed by atoms with Crippen LogP contribution >= 0.6 is 0 Å². The molecule has 2 aromatic rings. The number of fused-ring (bicyclic) bond motifs is 2. The minimum atomic E-state index is -0.129. The highest BCUT2D eigenvalue weighted by molar-refractivity contribution is 5.82. The Morgan fingerprint density at radius 1 is 1.25 bits per heavy atom. The fourth-order valence-electron chi connectivity index (χ4n) is 4.26. The average Bonchev–Trinajstić information content (AvgIpc) is 3.16. The SMILES string of the molecule is O=C(NCCn1c(=O)[nH]c2ccccc21)C1CC2CCCCC2N1. The summed E-state index contributed by atoms with van der Waals surface area (Å²) in [6, 6.07) is 8.06. The summed E-state index contributed by atoms with van der Waals surface area (Å²) in [5.74, 6) is 0.725. The molecule has 0 bridgehead atoms. The van der Waals surface area contributed by atoms with Gasteiger partial charge in [-0.15, -0.1) is 0 Å². The molecular weight excluding hydrogens is 304 g/mol. The molecule has 1 saturated carbocycles. The van der Waals surface area contributed by atoms with Gasteiger partial charge in [-0.3, -0.25) is 9.36 Å². The van der Waals surface area contributed by atoms with Crippen molar-refractivity contribution in [3.63, 3.8) is 0 Å². The van der Waals surface area contributed by atoms with Crippen LogP contribution < -0.4 is 16.3 Å². The number of carbonyl (C=O) groups excluding carboxylic acids is 1. The van der Waals surface area contributed by atoms with Crippen molar-refractivity contribution in [1.29, 1.82) is 0 Å². The van der Waals surface area contributed by atoms with Crippen LogP contribution in [0.15, 0.2) is 29.1 Å². The Morgan fingerprint density at radius 3 is 2.96 bits per heavy atom. The minimum Gasteiger partial charge on any atom is -0.353 e. The van der Waals surface area contributed by atoms with Gasteiger partial charge in [-0.25, -0.2) is 4.79 Å². The number of para-hydroxylation sites is 2. The highest BCUT2D eigenvalue weighted by atomic mass is 16.2. The average molecular weight is 328 g/mol. The number of aromatic nitrogens is 2. The van der Waals surface area contributed by atoms with Crippen LogP contribution in [0.5, 0.6) is 0 Å². The fraction of sp³-hybridized carbons (Fsp3) is 0.556. The summed E-state index contributed by atoms with van der Waals surface area (Å²) in [4.78, 5) is 27.3. The first kappa shape index (κ1) is 15.4. The molecule has 4 rings (SSSR count). The summed E-state index contributed by atoms with van der Waals surface area (Å²) in [5.41, 5.74) is 1.58. The molecule has 0 spiro atoms. The number of aromatic amines is 1. The van der Waals surface area contributed by atoms with Gasteiger partial charge < -0.3 is 15.6 Å². The Labute approximate surface area is 140 Å². The van der Waals surface area contributed by atoms with Crippen molar-refractivity contribution in [2.24, 2.45) is 5.92 Å². The van der Waals surface area contributed by atoms with E-state index in [4.69, 9.17) is 0 Å². The van der Waals surface area contributed by atoms with Crippen LogP contribution in [0.25, 0.3) is 11.0 Å². The maximum absolute atomic E-state index is 12.4. The second kappa shape index (κ2) is 6.43.